The van der Waals surface area contributed by atoms with Crippen LogP contribution >= 0.6 is 0 Å². The van der Waals surface area contributed by atoms with Gasteiger partial charge in [-0.1, -0.05) is 212 Å². The Morgan fingerprint density at radius 1 is 0.394 bits per heavy atom. The van der Waals surface area contributed by atoms with E-state index >= 15 is 0 Å². The van der Waals surface area contributed by atoms with Crippen LogP contribution in [0.25, 0.3) is 101 Å². The van der Waals surface area contributed by atoms with Gasteiger partial charge in [0.25, 0.3) is 0 Å². The normalized spacial score (nSPS) is 12.6. The van der Waals surface area contributed by atoms with Crippen molar-refractivity contribution in [2.45, 2.75) is 26.7 Å². The van der Waals surface area contributed by atoms with Crippen LogP contribution in [-0.2, 0) is 0 Å². The maximum atomic E-state index is 5.02. The Balaban J connectivity index is 1.11. The van der Waals surface area contributed by atoms with Gasteiger partial charge in [0, 0.05) is 16.7 Å². The molecule has 1 aliphatic carbocycles. The molecule has 3 heteroatoms. The van der Waals surface area contributed by atoms with Crippen molar-refractivity contribution < 1.29 is 0 Å². The van der Waals surface area contributed by atoms with Crippen LogP contribution in [0.3, 0.4) is 0 Å². The van der Waals surface area contributed by atoms with Crippen molar-refractivity contribution in [3.05, 3.63) is 248 Å². The van der Waals surface area contributed by atoms with Crippen LogP contribution in [0.1, 0.15) is 38.1 Å². The lowest BCUT2D eigenvalue weighted by Gasteiger charge is -2.25. The van der Waals surface area contributed by atoms with E-state index < -0.39 is 0 Å². The van der Waals surface area contributed by atoms with Gasteiger partial charge in [0.05, 0.1) is 0 Å². The smallest absolute Gasteiger partial charge is 0.164 e. The first-order chi connectivity index (χ1) is 32.6. The van der Waals surface area contributed by atoms with Gasteiger partial charge in [-0.05, 0) is 129 Å². The zero-order valence-electron chi connectivity index (χ0n) is 37.3. The Morgan fingerprint density at radius 3 is 1.35 bits per heavy atom. The summed E-state index contributed by atoms with van der Waals surface area (Å²) in [6, 6.07) is 71.7. The molecule has 0 N–H and O–H groups in total. The standard InChI is InChI=1S/C63H49N3/c1-3-23-44(4-2)61-64-62(49-32-18-9-19-33-49)66-63(65-61)55-39-22-37-53(42-55)51-35-20-34-50(40-51)52-36-21-38-54(41-52)57-43-56(45-24-10-5-11-25-45)58(46-26-12-6-13-27-46)60(48-30-16-8-17-31-48)59(57)47-28-14-7-15-29-47/h3-7,9-16,18-43H,8,17H2,1-2H3/b23-3-,44-4+. The lowest BCUT2D eigenvalue weighted by molar-refractivity contribution is 1.04. The van der Waals surface area contributed by atoms with Crippen LogP contribution in [0.5, 0.6) is 0 Å². The van der Waals surface area contributed by atoms with Gasteiger partial charge in [-0.25, -0.2) is 15.0 Å². The fourth-order valence-corrected chi connectivity index (χ4v) is 9.07. The summed E-state index contributed by atoms with van der Waals surface area (Å²) >= 11 is 0. The first kappa shape index (κ1) is 41.7. The van der Waals surface area contributed by atoms with Crippen LogP contribution < -0.4 is 0 Å². The highest BCUT2D eigenvalue weighted by molar-refractivity contribution is 6.06. The van der Waals surface area contributed by atoms with Crippen LogP contribution in [0, 0.1) is 0 Å². The largest absolute Gasteiger partial charge is 0.208 e. The minimum atomic E-state index is 0.634. The van der Waals surface area contributed by atoms with Crippen LogP contribution in [-0.4, -0.2) is 15.0 Å². The van der Waals surface area contributed by atoms with Gasteiger partial charge in [0.15, 0.2) is 17.5 Å². The fraction of sp³-hybridized carbons (Fsp3) is 0.0635. The van der Waals surface area contributed by atoms with Gasteiger partial charge in [-0.2, -0.15) is 0 Å². The number of benzene rings is 8. The lowest BCUT2D eigenvalue weighted by atomic mass is 9.77. The molecule has 0 atom stereocenters. The van der Waals surface area contributed by atoms with E-state index in [9.17, 15) is 0 Å². The summed E-state index contributed by atoms with van der Waals surface area (Å²) in [7, 11) is 0. The van der Waals surface area contributed by atoms with E-state index in [0.717, 1.165) is 57.4 Å². The predicted octanol–water partition coefficient (Wildman–Crippen LogP) is 16.9. The van der Waals surface area contributed by atoms with E-state index in [1.54, 1.807) is 0 Å². The molecule has 0 aliphatic heterocycles. The minimum Gasteiger partial charge on any atom is -0.208 e. The molecule has 0 unspecified atom stereocenters. The first-order valence-electron chi connectivity index (χ1n) is 22.8. The number of allylic oxidation sites excluding steroid dienone is 8. The molecule has 0 spiro atoms. The summed E-state index contributed by atoms with van der Waals surface area (Å²) in [5.74, 6) is 1.92. The molecular weight excluding hydrogens is 799 g/mol. The monoisotopic (exact) mass is 847 g/mol. The summed E-state index contributed by atoms with van der Waals surface area (Å²) in [6.45, 7) is 4.02. The molecule has 0 saturated heterocycles. The topological polar surface area (TPSA) is 38.7 Å². The number of hydrogen-bond acceptors (Lipinski definition) is 3. The van der Waals surface area contributed by atoms with E-state index in [0.29, 0.717) is 17.5 Å². The van der Waals surface area contributed by atoms with Crippen molar-refractivity contribution in [2.24, 2.45) is 0 Å². The highest BCUT2D eigenvalue weighted by atomic mass is 15.0. The van der Waals surface area contributed by atoms with Gasteiger partial charge >= 0.3 is 0 Å². The van der Waals surface area contributed by atoms with E-state index in [4.69, 9.17) is 15.0 Å². The van der Waals surface area contributed by atoms with Crippen LogP contribution in [0.15, 0.2) is 237 Å². The van der Waals surface area contributed by atoms with Crippen molar-refractivity contribution in [1.29, 1.82) is 0 Å². The molecule has 0 amide bonds. The molecule has 66 heavy (non-hydrogen) atoms. The van der Waals surface area contributed by atoms with Crippen molar-refractivity contribution in [1.82, 2.24) is 15.0 Å². The molecule has 0 saturated carbocycles. The Labute approximate surface area is 388 Å². The first-order valence-corrected chi connectivity index (χ1v) is 22.8. The molecule has 3 nitrogen and oxygen atoms in total. The molecule has 1 aromatic heterocycles. The van der Waals surface area contributed by atoms with Gasteiger partial charge in [-0.3, -0.25) is 0 Å². The average molecular weight is 848 g/mol. The van der Waals surface area contributed by atoms with Crippen LogP contribution in [0.4, 0.5) is 0 Å². The van der Waals surface area contributed by atoms with Crippen molar-refractivity contribution in [3.8, 4) is 89.5 Å². The maximum Gasteiger partial charge on any atom is 0.164 e. The summed E-state index contributed by atoms with van der Waals surface area (Å²) in [5, 5.41) is 0. The number of hydrogen-bond donors (Lipinski definition) is 0. The summed E-state index contributed by atoms with van der Waals surface area (Å²) in [5.41, 5.74) is 19.5. The Hall–Kier alpha value is -8.27. The minimum absolute atomic E-state index is 0.634. The highest BCUT2D eigenvalue weighted by Crippen LogP contribution is 2.49. The van der Waals surface area contributed by atoms with Gasteiger partial charge < -0.3 is 0 Å². The second-order valence-electron chi connectivity index (χ2n) is 16.5. The third kappa shape index (κ3) is 8.67. The van der Waals surface area contributed by atoms with Crippen molar-refractivity contribution >= 4 is 11.1 Å². The molecular formula is C63H49N3. The summed E-state index contributed by atoms with van der Waals surface area (Å²) in [6.07, 6.45) is 15.2. The van der Waals surface area contributed by atoms with E-state index in [1.807, 2.05) is 62.4 Å². The molecule has 0 bridgehead atoms. The van der Waals surface area contributed by atoms with E-state index in [1.165, 1.54) is 50.1 Å². The Kier molecular flexibility index (Phi) is 12.2. The Bertz CT molecular complexity index is 3290. The fourth-order valence-electron chi connectivity index (χ4n) is 9.07. The second-order valence-corrected chi connectivity index (χ2v) is 16.5. The molecule has 10 rings (SSSR count). The highest BCUT2D eigenvalue weighted by Gasteiger charge is 2.25. The maximum absolute atomic E-state index is 5.02. The molecule has 9 aromatic rings. The molecule has 1 heterocycles. The average Bonchev–Trinajstić information content (AvgIpc) is 3.40. The van der Waals surface area contributed by atoms with Crippen molar-refractivity contribution in [2.75, 3.05) is 0 Å². The molecule has 316 valence electrons. The van der Waals surface area contributed by atoms with Crippen molar-refractivity contribution in [3.63, 3.8) is 0 Å². The van der Waals surface area contributed by atoms with Gasteiger partial charge in [0.2, 0.25) is 0 Å². The molecule has 0 radical (unpaired) electrons. The number of aromatic nitrogens is 3. The van der Waals surface area contributed by atoms with Gasteiger partial charge in [0.1, 0.15) is 0 Å². The molecule has 8 aromatic carbocycles. The number of rotatable bonds is 11. The lowest BCUT2D eigenvalue weighted by Crippen LogP contribution is -2.02. The molecule has 0 fully saturated rings. The zero-order chi connectivity index (χ0) is 44.7. The quantitative estimate of drug-likeness (QED) is 0.122. The second kappa shape index (κ2) is 19.2. The number of nitrogens with zero attached hydrogens (tertiary/aromatic N) is 3. The third-order valence-corrected chi connectivity index (χ3v) is 12.2. The Morgan fingerprint density at radius 2 is 0.833 bits per heavy atom. The van der Waals surface area contributed by atoms with Gasteiger partial charge in [-0.15, -0.1) is 0 Å². The molecule has 1 aliphatic rings. The summed E-state index contributed by atoms with van der Waals surface area (Å²) < 4.78 is 0. The SMILES string of the molecule is C/C=C\C(=C/C)c1nc(-c2ccccc2)nc(-c2cccc(-c3cccc(-c4cccc(-c5cc(-c6ccccc6)c(-c6ccccc6)c(C6=CCCC=C6)c5-c5ccccc5)c4)c3)c2)n1. The predicted molar refractivity (Wildman–Crippen MR) is 278 cm³/mol. The third-order valence-electron chi connectivity index (χ3n) is 12.2. The van der Waals surface area contributed by atoms with E-state index in [2.05, 4.69) is 188 Å². The van der Waals surface area contributed by atoms with Crippen LogP contribution in [0.2, 0.25) is 0 Å². The summed E-state index contributed by atoms with van der Waals surface area (Å²) in [4.78, 5) is 15.0. The van der Waals surface area contributed by atoms with E-state index in [-0.39, 0.29) is 0 Å². The zero-order valence-corrected chi connectivity index (χ0v) is 37.3.